The fourth-order valence-electron chi connectivity index (χ4n) is 2.86. The van der Waals surface area contributed by atoms with Gasteiger partial charge in [0, 0.05) is 36.6 Å². The van der Waals surface area contributed by atoms with E-state index in [0.29, 0.717) is 11.6 Å². The Bertz CT molecular complexity index is 1170. The molecule has 8 nitrogen and oxygen atoms in total. The van der Waals surface area contributed by atoms with Gasteiger partial charge in [0.15, 0.2) is 0 Å². The highest BCUT2D eigenvalue weighted by atomic mass is 16.5. The second-order valence-corrected chi connectivity index (χ2v) is 6.26. The van der Waals surface area contributed by atoms with E-state index in [2.05, 4.69) is 20.4 Å². The number of hydrogen-bond acceptors (Lipinski definition) is 6. The Morgan fingerprint density at radius 1 is 1.00 bits per heavy atom. The van der Waals surface area contributed by atoms with Crippen LogP contribution in [-0.4, -0.2) is 29.8 Å². The monoisotopic (exact) mass is 374 g/mol. The van der Waals surface area contributed by atoms with Crippen LogP contribution in [0.25, 0.3) is 16.9 Å². The van der Waals surface area contributed by atoms with Gasteiger partial charge < -0.3 is 4.74 Å². The average Bonchev–Trinajstić information content (AvgIpc) is 3.06. The van der Waals surface area contributed by atoms with Crippen molar-refractivity contribution < 1.29 is 4.74 Å². The van der Waals surface area contributed by atoms with Crippen molar-refractivity contribution in [3.05, 3.63) is 82.5 Å². The molecule has 0 saturated heterocycles. The number of tetrazole rings is 1. The summed E-state index contributed by atoms with van der Waals surface area (Å²) >= 11 is 0. The first-order valence-corrected chi connectivity index (χ1v) is 8.71. The molecule has 0 amide bonds. The molecule has 3 heterocycles. The van der Waals surface area contributed by atoms with Gasteiger partial charge in [-0.15, -0.1) is 0 Å². The van der Waals surface area contributed by atoms with E-state index in [1.807, 2.05) is 49.4 Å². The Morgan fingerprint density at radius 3 is 2.54 bits per heavy atom. The van der Waals surface area contributed by atoms with Crippen LogP contribution in [0, 0.1) is 6.92 Å². The van der Waals surface area contributed by atoms with E-state index >= 15 is 0 Å². The summed E-state index contributed by atoms with van der Waals surface area (Å²) in [5.74, 6) is 0.495. The fourth-order valence-corrected chi connectivity index (χ4v) is 2.86. The molecule has 0 atom stereocenters. The van der Waals surface area contributed by atoms with Crippen LogP contribution < -0.4 is 10.4 Å². The Hall–Kier alpha value is -3.81. The summed E-state index contributed by atoms with van der Waals surface area (Å²) in [7, 11) is 1.56. The van der Waals surface area contributed by atoms with Crippen LogP contribution >= 0.6 is 0 Å². The summed E-state index contributed by atoms with van der Waals surface area (Å²) in [6.45, 7) is 2.21. The highest BCUT2D eigenvalue weighted by Gasteiger charge is 2.14. The van der Waals surface area contributed by atoms with E-state index in [1.165, 1.54) is 9.36 Å². The molecule has 0 N–H and O–H groups in total. The predicted molar refractivity (Wildman–Crippen MR) is 103 cm³/mol. The van der Waals surface area contributed by atoms with Crippen molar-refractivity contribution in [3.63, 3.8) is 0 Å². The third kappa shape index (κ3) is 3.39. The lowest BCUT2D eigenvalue weighted by Crippen LogP contribution is -2.23. The molecule has 4 aromatic rings. The van der Waals surface area contributed by atoms with Crippen LogP contribution in [0.4, 0.5) is 0 Å². The number of aryl methyl sites for hydroxylation is 2. The highest BCUT2D eigenvalue weighted by molar-refractivity contribution is 5.58. The van der Waals surface area contributed by atoms with Crippen LogP contribution in [-0.2, 0) is 13.7 Å². The molecule has 0 unspecified atom stereocenters. The first-order valence-electron chi connectivity index (χ1n) is 8.71. The SMILES string of the molecule is Cc1cccc(-n2nnn(C)c2=O)c1COc1cccc(-c2ccncc2)n1. The Kier molecular flexibility index (Phi) is 4.67. The smallest absolute Gasteiger partial charge is 0.368 e. The van der Waals surface area contributed by atoms with Gasteiger partial charge in [0.1, 0.15) is 6.61 Å². The molecule has 0 saturated carbocycles. The van der Waals surface area contributed by atoms with Gasteiger partial charge in [-0.05, 0) is 47.2 Å². The Labute approximate surface area is 161 Å². The predicted octanol–water partition coefficient (Wildman–Crippen LogP) is 2.31. The van der Waals surface area contributed by atoms with Crippen LogP contribution in [0.5, 0.6) is 5.88 Å². The van der Waals surface area contributed by atoms with E-state index in [9.17, 15) is 4.79 Å². The second kappa shape index (κ2) is 7.43. The van der Waals surface area contributed by atoms with Gasteiger partial charge in [0.05, 0.1) is 11.4 Å². The van der Waals surface area contributed by atoms with Crippen LogP contribution in [0.2, 0.25) is 0 Å². The zero-order chi connectivity index (χ0) is 19.5. The number of ether oxygens (including phenoxy) is 1. The third-order valence-corrected chi connectivity index (χ3v) is 4.40. The summed E-state index contributed by atoms with van der Waals surface area (Å²) in [4.78, 5) is 20.8. The van der Waals surface area contributed by atoms with Gasteiger partial charge in [-0.3, -0.25) is 4.98 Å². The van der Waals surface area contributed by atoms with E-state index in [4.69, 9.17) is 4.74 Å². The van der Waals surface area contributed by atoms with Gasteiger partial charge in [-0.25, -0.2) is 9.78 Å². The van der Waals surface area contributed by atoms with Crippen molar-refractivity contribution in [2.75, 3.05) is 0 Å². The summed E-state index contributed by atoms with van der Waals surface area (Å²) < 4.78 is 8.40. The summed E-state index contributed by atoms with van der Waals surface area (Å²) in [6, 6.07) is 15.1. The van der Waals surface area contributed by atoms with E-state index in [-0.39, 0.29) is 12.3 Å². The molecule has 28 heavy (non-hydrogen) atoms. The Balaban J connectivity index is 1.63. The lowest BCUT2D eigenvalue weighted by Gasteiger charge is -2.13. The molecule has 4 rings (SSSR count). The molecule has 0 bridgehead atoms. The molecule has 0 aliphatic carbocycles. The maximum Gasteiger partial charge on any atom is 0.368 e. The van der Waals surface area contributed by atoms with Crippen molar-refractivity contribution >= 4 is 0 Å². The molecule has 1 aromatic carbocycles. The molecular weight excluding hydrogens is 356 g/mol. The molecule has 8 heteroatoms. The minimum absolute atomic E-state index is 0.248. The zero-order valence-corrected chi connectivity index (χ0v) is 15.5. The largest absolute Gasteiger partial charge is 0.473 e. The quantitative estimate of drug-likeness (QED) is 0.533. The van der Waals surface area contributed by atoms with Crippen molar-refractivity contribution in [1.82, 2.24) is 29.8 Å². The zero-order valence-electron chi connectivity index (χ0n) is 15.5. The Morgan fingerprint density at radius 2 is 1.79 bits per heavy atom. The highest BCUT2D eigenvalue weighted by Crippen LogP contribution is 2.22. The maximum absolute atomic E-state index is 12.3. The standard InChI is InChI=1S/C20H18N6O2/c1-14-5-3-7-18(26-20(27)25(2)23-24-26)16(14)13-28-19-8-4-6-17(22-19)15-9-11-21-12-10-15/h3-12H,13H2,1-2H3. The molecular formula is C20H18N6O2. The first kappa shape index (κ1) is 17.6. The minimum atomic E-state index is -0.315. The van der Waals surface area contributed by atoms with E-state index < -0.39 is 0 Å². The third-order valence-electron chi connectivity index (χ3n) is 4.40. The van der Waals surface area contributed by atoms with Crippen LogP contribution in [0.1, 0.15) is 11.1 Å². The second-order valence-electron chi connectivity index (χ2n) is 6.26. The average molecular weight is 374 g/mol. The molecule has 0 radical (unpaired) electrons. The van der Waals surface area contributed by atoms with Gasteiger partial charge in [0.25, 0.3) is 0 Å². The molecule has 0 aliphatic rings. The number of nitrogens with zero attached hydrogens (tertiary/aromatic N) is 6. The molecule has 0 fully saturated rings. The van der Waals surface area contributed by atoms with Crippen molar-refractivity contribution in [2.24, 2.45) is 7.05 Å². The summed E-state index contributed by atoms with van der Waals surface area (Å²) in [5.41, 5.74) is 3.92. The molecule has 3 aromatic heterocycles. The molecule has 0 aliphatic heterocycles. The topological polar surface area (TPSA) is 87.7 Å². The van der Waals surface area contributed by atoms with Crippen molar-refractivity contribution in [3.8, 4) is 22.8 Å². The first-order chi connectivity index (χ1) is 13.6. The van der Waals surface area contributed by atoms with Crippen molar-refractivity contribution in [1.29, 1.82) is 0 Å². The van der Waals surface area contributed by atoms with Gasteiger partial charge >= 0.3 is 5.69 Å². The number of benzene rings is 1. The lowest BCUT2D eigenvalue weighted by molar-refractivity contribution is 0.293. The summed E-state index contributed by atoms with van der Waals surface area (Å²) in [6.07, 6.45) is 3.45. The van der Waals surface area contributed by atoms with Crippen molar-refractivity contribution in [2.45, 2.75) is 13.5 Å². The van der Waals surface area contributed by atoms with E-state index in [0.717, 1.165) is 22.4 Å². The number of pyridine rings is 2. The minimum Gasteiger partial charge on any atom is -0.473 e. The number of aromatic nitrogens is 6. The van der Waals surface area contributed by atoms with Gasteiger partial charge in [-0.1, -0.05) is 18.2 Å². The van der Waals surface area contributed by atoms with Crippen LogP contribution in [0.3, 0.4) is 0 Å². The molecule has 140 valence electrons. The summed E-state index contributed by atoms with van der Waals surface area (Å²) in [5, 5.41) is 7.72. The van der Waals surface area contributed by atoms with E-state index in [1.54, 1.807) is 25.5 Å². The lowest BCUT2D eigenvalue weighted by atomic mass is 10.1. The maximum atomic E-state index is 12.3. The fraction of sp³-hybridized carbons (Fsp3) is 0.150. The van der Waals surface area contributed by atoms with Crippen LogP contribution in [0.15, 0.2) is 65.7 Å². The van der Waals surface area contributed by atoms with Gasteiger partial charge in [-0.2, -0.15) is 9.36 Å². The normalized spacial score (nSPS) is 10.8. The number of hydrogen-bond donors (Lipinski definition) is 0. The molecule has 0 spiro atoms. The number of rotatable bonds is 5. The van der Waals surface area contributed by atoms with Gasteiger partial charge in [0.2, 0.25) is 5.88 Å².